The zero-order valence-electron chi connectivity index (χ0n) is 10.6. The van der Waals surface area contributed by atoms with E-state index < -0.39 is 58.5 Å². The highest BCUT2D eigenvalue weighted by Crippen LogP contribution is 2.47. The molecule has 0 atom stereocenters. The Hall–Kier alpha value is -2.26. The predicted molar refractivity (Wildman–Crippen MR) is 60.1 cm³/mol. The summed E-state index contributed by atoms with van der Waals surface area (Å²) in [7, 11) is 0. The summed E-state index contributed by atoms with van der Waals surface area (Å²) in [4.78, 5) is 24.9. The average molecular weight is 325 g/mol. The Morgan fingerprint density at radius 1 is 1.09 bits per heavy atom. The normalized spacial score (nSPS) is 15.2. The summed E-state index contributed by atoms with van der Waals surface area (Å²) in [5, 5.41) is 18.0. The number of nitrogens with zero attached hydrogens (tertiary/aromatic N) is 1. The second-order valence-electron chi connectivity index (χ2n) is 4.69. The van der Waals surface area contributed by atoms with E-state index in [1.54, 1.807) is 0 Å². The molecule has 1 aromatic heterocycles. The molecule has 0 radical (unpaired) electrons. The minimum atomic E-state index is -5.29. The number of carboxylic acids is 2. The summed E-state index contributed by atoms with van der Waals surface area (Å²) in [5.41, 5.74) is -6.80. The van der Waals surface area contributed by atoms with Gasteiger partial charge in [-0.2, -0.15) is 13.2 Å². The van der Waals surface area contributed by atoms with E-state index in [2.05, 4.69) is 4.98 Å². The van der Waals surface area contributed by atoms with Crippen LogP contribution in [0.5, 0.6) is 0 Å². The first-order valence-corrected chi connectivity index (χ1v) is 5.95. The number of carbonyl (C=O) groups is 2. The number of halogens is 5. The van der Waals surface area contributed by atoms with Crippen molar-refractivity contribution in [2.45, 2.75) is 31.4 Å². The van der Waals surface area contributed by atoms with Crippen LogP contribution >= 0.6 is 0 Å². The van der Waals surface area contributed by atoms with Crippen molar-refractivity contribution in [2.24, 2.45) is 0 Å². The summed E-state index contributed by atoms with van der Waals surface area (Å²) in [6.45, 7) is 0. The van der Waals surface area contributed by atoms with E-state index in [0.29, 0.717) is 0 Å². The van der Waals surface area contributed by atoms with Crippen LogP contribution in [0, 0.1) is 0 Å². The van der Waals surface area contributed by atoms with Crippen molar-refractivity contribution in [3.63, 3.8) is 0 Å². The lowest BCUT2D eigenvalue weighted by Gasteiger charge is -2.18. The molecule has 1 aliphatic rings. The summed E-state index contributed by atoms with van der Waals surface area (Å²) >= 11 is 0. The molecule has 22 heavy (non-hydrogen) atoms. The van der Waals surface area contributed by atoms with Crippen molar-refractivity contribution in [3.8, 4) is 0 Å². The number of hydrogen-bond donors (Lipinski definition) is 2. The van der Waals surface area contributed by atoms with E-state index in [0.717, 1.165) is 0 Å². The van der Waals surface area contributed by atoms with Crippen LogP contribution in [-0.2, 0) is 6.18 Å². The number of rotatable bonds is 4. The second-order valence-corrected chi connectivity index (χ2v) is 4.69. The molecule has 1 heterocycles. The minimum Gasteiger partial charge on any atom is -0.478 e. The highest BCUT2D eigenvalue weighted by Gasteiger charge is 2.45. The first-order chi connectivity index (χ1) is 10.1. The maximum atomic E-state index is 12.9. The van der Waals surface area contributed by atoms with Crippen molar-refractivity contribution < 1.29 is 41.8 Å². The number of pyridine rings is 1. The zero-order valence-corrected chi connectivity index (χ0v) is 10.6. The standard InChI is InChI=1S/C12H8F5NO4/c13-9(14)7-5(10(19)20)4(3-1-2-3)6(11(21)22)8(18-7)12(15,16)17/h3,9H,1-2H2,(H,19,20)(H,21,22). The molecule has 0 saturated heterocycles. The van der Waals surface area contributed by atoms with E-state index in [9.17, 15) is 31.5 Å². The van der Waals surface area contributed by atoms with Crippen molar-refractivity contribution in [2.75, 3.05) is 0 Å². The predicted octanol–water partition coefficient (Wildman–Crippen LogP) is 3.31. The first kappa shape index (κ1) is 16.1. The second kappa shape index (κ2) is 5.18. The Bertz CT molecular complexity index is 652. The molecule has 0 aliphatic heterocycles. The van der Waals surface area contributed by atoms with Gasteiger partial charge >= 0.3 is 18.1 Å². The summed E-state index contributed by atoms with van der Waals surface area (Å²) in [5.74, 6) is -4.79. The van der Waals surface area contributed by atoms with Crippen LogP contribution in [0.3, 0.4) is 0 Å². The van der Waals surface area contributed by atoms with Gasteiger partial charge in [0.25, 0.3) is 6.43 Å². The lowest BCUT2D eigenvalue weighted by Crippen LogP contribution is -2.23. The number of carboxylic acid groups (broad SMARTS) is 2. The largest absolute Gasteiger partial charge is 0.478 e. The number of hydrogen-bond acceptors (Lipinski definition) is 3. The maximum absolute atomic E-state index is 12.9. The van der Waals surface area contributed by atoms with Crippen molar-refractivity contribution in [1.29, 1.82) is 0 Å². The molecule has 1 fully saturated rings. The lowest BCUT2D eigenvalue weighted by molar-refractivity contribution is -0.142. The fraction of sp³-hybridized carbons (Fsp3) is 0.417. The maximum Gasteiger partial charge on any atom is 0.434 e. The van der Waals surface area contributed by atoms with Crippen LogP contribution in [0.2, 0.25) is 0 Å². The number of alkyl halides is 5. The highest BCUT2D eigenvalue weighted by atomic mass is 19.4. The SMILES string of the molecule is O=C(O)c1c(C(F)F)nc(C(F)(F)F)c(C(=O)O)c1C1CC1. The van der Waals surface area contributed by atoms with Crippen LogP contribution < -0.4 is 0 Å². The highest BCUT2D eigenvalue weighted by molar-refractivity contribution is 5.98. The van der Waals surface area contributed by atoms with Gasteiger partial charge in [0.2, 0.25) is 0 Å². The molecule has 120 valence electrons. The zero-order chi connectivity index (χ0) is 16.8. The summed E-state index contributed by atoms with van der Waals surface area (Å²) in [6, 6.07) is 0. The monoisotopic (exact) mass is 325 g/mol. The van der Waals surface area contributed by atoms with Crippen LogP contribution in [0.25, 0.3) is 0 Å². The molecule has 1 aromatic rings. The van der Waals surface area contributed by atoms with Gasteiger partial charge in [-0.3, -0.25) is 0 Å². The van der Waals surface area contributed by atoms with E-state index in [-0.39, 0.29) is 12.8 Å². The van der Waals surface area contributed by atoms with Crippen LogP contribution in [0.1, 0.15) is 62.9 Å². The third-order valence-electron chi connectivity index (χ3n) is 3.15. The van der Waals surface area contributed by atoms with Gasteiger partial charge in [0.05, 0.1) is 11.1 Å². The molecule has 0 bridgehead atoms. The van der Waals surface area contributed by atoms with Crippen LogP contribution in [0.15, 0.2) is 0 Å². The van der Waals surface area contributed by atoms with Crippen molar-refractivity contribution in [3.05, 3.63) is 28.1 Å². The Labute approximate surface area is 119 Å². The molecule has 2 N–H and O–H groups in total. The molecule has 2 rings (SSSR count). The fourth-order valence-electron chi connectivity index (χ4n) is 2.21. The Morgan fingerprint density at radius 2 is 1.59 bits per heavy atom. The van der Waals surface area contributed by atoms with Crippen LogP contribution in [-0.4, -0.2) is 27.1 Å². The number of aromatic nitrogens is 1. The molecule has 1 aliphatic carbocycles. The van der Waals surface area contributed by atoms with Gasteiger partial charge < -0.3 is 10.2 Å². The number of aromatic carboxylic acids is 2. The summed E-state index contributed by atoms with van der Waals surface area (Å²) in [6.07, 6.45) is -8.42. The minimum absolute atomic E-state index is 0.227. The van der Waals surface area contributed by atoms with Gasteiger partial charge in [-0.15, -0.1) is 0 Å². The Morgan fingerprint density at radius 3 is 1.91 bits per heavy atom. The van der Waals surface area contributed by atoms with Crippen molar-refractivity contribution in [1.82, 2.24) is 4.98 Å². The quantitative estimate of drug-likeness (QED) is 0.829. The third kappa shape index (κ3) is 2.72. The van der Waals surface area contributed by atoms with Gasteiger partial charge in [0, 0.05) is 0 Å². The average Bonchev–Trinajstić information content (AvgIpc) is 3.18. The van der Waals surface area contributed by atoms with E-state index in [1.165, 1.54) is 0 Å². The van der Waals surface area contributed by atoms with Gasteiger partial charge in [0.1, 0.15) is 5.69 Å². The molecule has 0 spiro atoms. The van der Waals surface area contributed by atoms with Gasteiger partial charge in [-0.25, -0.2) is 23.4 Å². The molecular formula is C12H8F5NO4. The van der Waals surface area contributed by atoms with E-state index in [1.807, 2.05) is 0 Å². The molecule has 5 nitrogen and oxygen atoms in total. The molecule has 0 unspecified atom stereocenters. The van der Waals surface area contributed by atoms with Gasteiger partial charge in [0.15, 0.2) is 5.69 Å². The smallest absolute Gasteiger partial charge is 0.434 e. The van der Waals surface area contributed by atoms with Gasteiger partial charge in [-0.1, -0.05) is 0 Å². The van der Waals surface area contributed by atoms with Crippen molar-refractivity contribution >= 4 is 11.9 Å². The Kier molecular flexibility index (Phi) is 3.80. The summed E-state index contributed by atoms with van der Waals surface area (Å²) < 4.78 is 64.6. The topological polar surface area (TPSA) is 87.5 Å². The first-order valence-electron chi connectivity index (χ1n) is 5.95. The molecule has 0 aromatic carbocycles. The van der Waals surface area contributed by atoms with Gasteiger partial charge in [-0.05, 0) is 24.3 Å². The molecular weight excluding hydrogens is 317 g/mol. The van der Waals surface area contributed by atoms with E-state index >= 15 is 0 Å². The Balaban J connectivity index is 2.94. The third-order valence-corrected chi connectivity index (χ3v) is 3.15. The van der Waals surface area contributed by atoms with E-state index in [4.69, 9.17) is 10.2 Å². The lowest BCUT2D eigenvalue weighted by atomic mass is 9.94. The molecule has 0 amide bonds. The fourth-order valence-corrected chi connectivity index (χ4v) is 2.21. The molecule has 1 saturated carbocycles. The van der Waals surface area contributed by atoms with Crippen LogP contribution in [0.4, 0.5) is 22.0 Å². The molecule has 10 heteroatoms.